The highest BCUT2D eigenvalue weighted by Gasteiger charge is 2.38. The number of amides is 10. The SMILES string of the molecule is C=CC(=O)NCCCC[C@H](NC(=O)[C@@H](NC(C)=O)C(C)C)C(=O)N[C@@H](CC(C)C)C(=O)NC(C)(C)C(=O)N[C@H](C(=O)N[C@@H](CCCCNC(=O)c1nnn(-c2ccc(N(C)C)cc2)n1)C(=O)N[C@@H](CC(C)C)C(N)=O)C(C)C. The van der Waals surface area contributed by atoms with Gasteiger partial charge in [-0.15, -0.1) is 15.0 Å². The summed E-state index contributed by atoms with van der Waals surface area (Å²) >= 11 is 0. The summed E-state index contributed by atoms with van der Waals surface area (Å²) in [6.45, 7) is 22.1. The largest absolute Gasteiger partial charge is 0.378 e. The molecule has 1 aromatic heterocycles. The lowest BCUT2D eigenvalue weighted by atomic mass is 9.97. The molecular formula is C53H87N15O10. The summed E-state index contributed by atoms with van der Waals surface area (Å²) in [7, 11) is 3.82. The van der Waals surface area contributed by atoms with Crippen molar-refractivity contribution in [3.63, 3.8) is 0 Å². The number of carbonyl (C=O) groups is 10. The van der Waals surface area contributed by atoms with E-state index in [1.807, 2.05) is 58.8 Å². The first-order valence-corrected chi connectivity index (χ1v) is 26.6. The van der Waals surface area contributed by atoms with Crippen molar-refractivity contribution in [3.8, 4) is 5.69 Å². The Labute approximate surface area is 458 Å². The van der Waals surface area contributed by atoms with E-state index in [0.29, 0.717) is 31.4 Å². The van der Waals surface area contributed by atoms with Crippen LogP contribution in [0.3, 0.4) is 0 Å². The summed E-state index contributed by atoms with van der Waals surface area (Å²) < 4.78 is 0. The highest BCUT2D eigenvalue weighted by atomic mass is 16.2. The molecule has 2 aromatic rings. The molecule has 0 saturated carbocycles. The number of hydrogen-bond acceptors (Lipinski definition) is 14. The van der Waals surface area contributed by atoms with Gasteiger partial charge in [-0.2, -0.15) is 0 Å². The van der Waals surface area contributed by atoms with Crippen LogP contribution in [0.5, 0.6) is 0 Å². The van der Waals surface area contributed by atoms with Crippen LogP contribution in [0.15, 0.2) is 36.9 Å². The monoisotopic (exact) mass is 1090 g/mol. The molecule has 0 bridgehead atoms. The van der Waals surface area contributed by atoms with Gasteiger partial charge in [0.05, 0.1) is 5.69 Å². The first kappa shape index (κ1) is 66.6. The Morgan fingerprint density at radius 3 is 1.58 bits per heavy atom. The van der Waals surface area contributed by atoms with Crippen LogP contribution >= 0.6 is 0 Å². The summed E-state index contributed by atoms with van der Waals surface area (Å²) in [5, 5.41) is 36.3. The number of unbranched alkanes of at least 4 members (excludes halogenated alkanes) is 2. The first-order chi connectivity index (χ1) is 36.5. The van der Waals surface area contributed by atoms with Crippen molar-refractivity contribution in [1.29, 1.82) is 0 Å². The molecule has 1 heterocycles. The molecule has 25 heteroatoms. The second-order valence-electron chi connectivity index (χ2n) is 21.7. The minimum atomic E-state index is -1.69. The van der Waals surface area contributed by atoms with Crippen LogP contribution in [-0.4, -0.2) is 148 Å². The number of nitrogens with zero attached hydrogens (tertiary/aromatic N) is 5. The standard InChI is InChI=1S/C53H87N15O10/c1-15-41(70)55-26-18-16-20-38(58-49(75)42(32(6)7)57-34(10)69)47(73)61-40(29-31(4)5)48(74)63-53(11,12)52(78)62-43(33(8)9)50(76)59-37(46(72)60-39(44(54)71)28-30(2)3)21-17-19-27-56-51(77)45-64-66-68(65-45)36-24-22-35(23-25-36)67(13)14/h15,22-25,30-33,37-40,42-43H,1,16-21,26-29H2,2-14H3,(H2,54,71)(H,55,70)(H,56,77)(H,57,69)(H,58,75)(H,59,76)(H,60,72)(H,61,73)(H,62,78)(H,63,74)/t37-,38-,39-,40-,42-,43-/m0/s1. The fourth-order valence-electron chi connectivity index (χ4n) is 7.90. The fraction of sp³-hybridized carbons (Fsp3) is 0.642. The lowest BCUT2D eigenvalue weighted by Gasteiger charge is -2.32. The van der Waals surface area contributed by atoms with Gasteiger partial charge >= 0.3 is 0 Å². The van der Waals surface area contributed by atoms with Gasteiger partial charge in [0.15, 0.2) is 0 Å². The third kappa shape index (κ3) is 23.0. The molecule has 10 amide bonds. The van der Waals surface area contributed by atoms with E-state index in [1.54, 1.807) is 39.8 Å². The molecule has 25 nitrogen and oxygen atoms in total. The number of nitrogens with one attached hydrogen (secondary N) is 9. The van der Waals surface area contributed by atoms with Gasteiger partial charge in [0.25, 0.3) is 11.7 Å². The molecule has 0 radical (unpaired) electrons. The molecule has 11 N–H and O–H groups in total. The van der Waals surface area contributed by atoms with E-state index >= 15 is 0 Å². The van der Waals surface area contributed by atoms with Crippen LogP contribution < -0.4 is 58.5 Å². The van der Waals surface area contributed by atoms with Crippen molar-refractivity contribution in [1.82, 2.24) is 68.1 Å². The topological polar surface area (TPSA) is 352 Å². The number of primary amides is 1. The number of nitrogens with two attached hydrogens (primary N) is 1. The Morgan fingerprint density at radius 2 is 1.12 bits per heavy atom. The second-order valence-corrected chi connectivity index (χ2v) is 21.7. The Kier molecular flexibility index (Phi) is 27.6. The van der Waals surface area contributed by atoms with E-state index in [1.165, 1.54) is 25.6 Å². The molecular weight excluding hydrogens is 1010 g/mol. The highest BCUT2D eigenvalue weighted by Crippen LogP contribution is 2.16. The number of aromatic nitrogens is 4. The molecule has 434 valence electrons. The number of benzene rings is 1. The van der Waals surface area contributed by atoms with Gasteiger partial charge in [-0.05, 0) is 124 Å². The van der Waals surface area contributed by atoms with E-state index in [4.69, 9.17) is 5.73 Å². The number of carbonyl (C=O) groups excluding carboxylic acids is 10. The number of tetrazole rings is 1. The summed E-state index contributed by atoms with van der Waals surface area (Å²) in [4.78, 5) is 136. The molecule has 0 saturated heterocycles. The van der Waals surface area contributed by atoms with Crippen molar-refractivity contribution < 1.29 is 47.9 Å². The maximum atomic E-state index is 14.2. The summed E-state index contributed by atoms with van der Waals surface area (Å²) in [6, 6.07) is 0.485. The van der Waals surface area contributed by atoms with E-state index in [-0.39, 0.29) is 68.3 Å². The van der Waals surface area contributed by atoms with Gasteiger partial charge in [-0.1, -0.05) is 62.0 Å². The summed E-state index contributed by atoms with van der Waals surface area (Å²) in [5.41, 5.74) is 5.52. The van der Waals surface area contributed by atoms with Gasteiger partial charge in [-0.3, -0.25) is 47.9 Å². The van der Waals surface area contributed by atoms with Crippen LogP contribution in [0.1, 0.15) is 138 Å². The predicted molar refractivity (Wildman–Crippen MR) is 294 cm³/mol. The van der Waals surface area contributed by atoms with Crippen LogP contribution in [0.4, 0.5) is 5.69 Å². The molecule has 78 heavy (non-hydrogen) atoms. The van der Waals surface area contributed by atoms with Crippen molar-refractivity contribution in [2.75, 3.05) is 32.1 Å². The first-order valence-electron chi connectivity index (χ1n) is 26.6. The molecule has 0 aliphatic carbocycles. The maximum Gasteiger partial charge on any atom is 0.292 e. The van der Waals surface area contributed by atoms with E-state index < -0.39 is 101 Å². The third-order valence-corrected chi connectivity index (χ3v) is 12.3. The second kappa shape index (κ2) is 32.3. The number of hydrogen-bond donors (Lipinski definition) is 10. The number of rotatable bonds is 34. The van der Waals surface area contributed by atoms with Crippen molar-refractivity contribution in [2.45, 2.75) is 169 Å². The van der Waals surface area contributed by atoms with Gasteiger partial charge in [0.2, 0.25) is 53.2 Å². The van der Waals surface area contributed by atoms with Gasteiger partial charge in [0.1, 0.15) is 41.8 Å². The summed E-state index contributed by atoms with van der Waals surface area (Å²) in [6.07, 6.45) is 3.10. The molecule has 0 unspecified atom stereocenters. The Hall–Kier alpha value is -7.47. The maximum absolute atomic E-state index is 14.2. The molecule has 1 aromatic carbocycles. The molecule has 6 atom stereocenters. The average molecular weight is 1090 g/mol. The lowest BCUT2D eigenvalue weighted by molar-refractivity contribution is -0.138. The van der Waals surface area contributed by atoms with Gasteiger partial charge < -0.3 is 58.5 Å². The van der Waals surface area contributed by atoms with Crippen LogP contribution in [-0.2, 0) is 43.2 Å². The van der Waals surface area contributed by atoms with Crippen LogP contribution in [0, 0.1) is 23.7 Å². The van der Waals surface area contributed by atoms with E-state index in [0.717, 1.165) is 11.8 Å². The van der Waals surface area contributed by atoms with Crippen LogP contribution in [0.25, 0.3) is 5.69 Å². The Balaban J connectivity index is 2.26. The Morgan fingerprint density at radius 1 is 0.641 bits per heavy atom. The molecule has 2 rings (SSSR count). The van der Waals surface area contributed by atoms with Crippen molar-refractivity contribution >= 4 is 64.8 Å². The third-order valence-electron chi connectivity index (χ3n) is 12.3. The molecule has 0 aliphatic rings. The average Bonchev–Trinajstić information content (AvgIpc) is 3.85. The lowest BCUT2D eigenvalue weighted by Crippen LogP contribution is -2.64. The fourth-order valence-corrected chi connectivity index (χ4v) is 7.90. The Bertz CT molecular complexity index is 2370. The number of anilines is 1. The zero-order chi connectivity index (χ0) is 59.0. The molecule has 0 fully saturated rings. The van der Waals surface area contributed by atoms with Crippen molar-refractivity contribution in [3.05, 3.63) is 42.7 Å². The van der Waals surface area contributed by atoms with E-state index in [2.05, 4.69) is 69.8 Å². The van der Waals surface area contributed by atoms with E-state index in [9.17, 15) is 47.9 Å². The minimum Gasteiger partial charge on any atom is -0.378 e. The van der Waals surface area contributed by atoms with Crippen molar-refractivity contribution in [2.24, 2.45) is 29.4 Å². The normalized spacial score (nSPS) is 13.7. The van der Waals surface area contributed by atoms with Gasteiger partial charge in [0, 0.05) is 39.8 Å². The van der Waals surface area contributed by atoms with Crippen LogP contribution in [0.2, 0.25) is 0 Å². The quantitative estimate of drug-likeness (QED) is 0.0343. The minimum absolute atomic E-state index is 0.0230. The molecule has 0 aliphatic heterocycles. The zero-order valence-electron chi connectivity index (χ0n) is 47.8. The summed E-state index contributed by atoms with van der Waals surface area (Å²) in [5.74, 6) is -7.61. The molecule has 0 spiro atoms. The van der Waals surface area contributed by atoms with Gasteiger partial charge in [-0.25, -0.2) is 0 Å². The highest BCUT2D eigenvalue weighted by molar-refractivity contribution is 5.99. The predicted octanol–water partition coefficient (Wildman–Crippen LogP) is 0.814. The smallest absolute Gasteiger partial charge is 0.292 e. The zero-order valence-corrected chi connectivity index (χ0v) is 47.8.